The third-order valence-corrected chi connectivity index (χ3v) is 5.21. The summed E-state index contributed by atoms with van der Waals surface area (Å²) in [4.78, 5) is 12.2. The number of rotatable bonds is 10. The van der Waals surface area contributed by atoms with Crippen LogP contribution in [0.25, 0.3) is 0 Å². The number of unbranched alkanes of at least 4 members (excludes halogenated alkanes) is 3. The maximum atomic E-state index is 12.2. The van der Waals surface area contributed by atoms with Crippen LogP contribution in [0.4, 0.5) is 0 Å². The molecule has 118 valence electrons. The standard InChI is InChI=1S/C17H24Cl2OS/c1-3-5-6-7-9-13(20)12-16(21-4-2)17-14(18)10-8-11-15(17)19/h8,10-11,16H,3-7,9,12H2,1-2H3/t16-/m1/s1. The average Bonchev–Trinajstić information content (AvgIpc) is 2.43. The summed E-state index contributed by atoms with van der Waals surface area (Å²) >= 11 is 14.3. The number of carbonyl (C=O) groups excluding carboxylic acids is 1. The molecule has 0 amide bonds. The van der Waals surface area contributed by atoms with Crippen LogP contribution in [0.2, 0.25) is 10.0 Å². The fraction of sp³-hybridized carbons (Fsp3) is 0.588. The highest BCUT2D eigenvalue weighted by atomic mass is 35.5. The topological polar surface area (TPSA) is 17.1 Å². The first-order valence-electron chi connectivity index (χ1n) is 7.67. The summed E-state index contributed by atoms with van der Waals surface area (Å²) in [5.41, 5.74) is 0.912. The zero-order chi connectivity index (χ0) is 15.7. The van der Waals surface area contributed by atoms with E-state index in [1.54, 1.807) is 11.8 Å². The number of Topliss-reactive ketones (excluding diaryl/α,β-unsaturated/α-hetero) is 1. The van der Waals surface area contributed by atoms with Crippen molar-refractivity contribution in [2.75, 3.05) is 5.75 Å². The van der Waals surface area contributed by atoms with Gasteiger partial charge in [-0.25, -0.2) is 0 Å². The van der Waals surface area contributed by atoms with E-state index in [9.17, 15) is 4.79 Å². The van der Waals surface area contributed by atoms with E-state index in [2.05, 4.69) is 13.8 Å². The molecule has 0 aliphatic heterocycles. The Kier molecular flexibility index (Phi) is 9.46. The van der Waals surface area contributed by atoms with Gasteiger partial charge in [-0.1, -0.05) is 62.4 Å². The number of ketones is 1. The van der Waals surface area contributed by atoms with Crippen molar-refractivity contribution in [1.29, 1.82) is 0 Å². The molecule has 1 aromatic carbocycles. The summed E-state index contributed by atoms with van der Waals surface area (Å²) in [6, 6.07) is 5.53. The molecule has 0 radical (unpaired) electrons. The highest BCUT2D eigenvalue weighted by Gasteiger charge is 2.20. The molecule has 0 spiro atoms. The highest BCUT2D eigenvalue weighted by molar-refractivity contribution is 7.99. The SMILES string of the molecule is CCCCCCC(=O)C[C@@H](SCC)c1c(Cl)cccc1Cl. The number of halogens is 2. The van der Waals surface area contributed by atoms with Crippen molar-refractivity contribution in [3.63, 3.8) is 0 Å². The van der Waals surface area contributed by atoms with E-state index >= 15 is 0 Å². The lowest BCUT2D eigenvalue weighted by Gasteiger charge is -2.18. The third-order valence-electron chi connectivity index (χ3n) is 3.41. The summed E-state index contributed by atoms with van der Waals surface area (Å²) in [5.74, 6) is 1.25. The van der Waals surface area contributed by atoms with Crippen LogP contribution in [0.5, 0.6) is 0 Å². The molecule has 1 atom stereocenters. The van der Waals surface area contributed by atoms with E-state index < -0.39 is 0 Å². The Morgan fingerprint density at radius 2 is 1.81 bits per heavy atom. The number of carbonyl (C=O) groups is 1. The molecule has 0 unspecified atom stereocenters. The molecule has 0 bridgehead atoms. The van der Waals surface area contributed by atoms with Gasteiger partial charge in [-0.3, -0.25) is 4.79 Å². The van der Waals surface area contributed by atoms with Crippen molar-refractivity contribution < 1.29 is 4.79 Å². The van der Waals surface area contributed by atoms with Gasteiger partial charge in [0, 0.05) is 33.7 Å². The lowest BCUT2D eigenvalue weighted by Crippen LogP contribution is -2.06. The molecule has 0 aliphatic carbocycles. The molecule has 4 heteroatoms. The maximum absolute atomic E-state index is 12.2. The lowest BCUT2D eigenvalue weighted by molar-refractivity contribution is -0.119. The predicted octanol–water partition coefficient (Wildman–Crippen LogP) is 6.72. The fourth-order valence-corrected chi connectivity index (χ4v) is 4.24. The molecule has 0 aliphatic rings. The molecule has 0 N–H and O–H groups in total. The quantitative estimate of drug-likeness (QED) is 0.437. The van der Waals surface area contributed by atoms with E-state index in [1.165, 1.54) is 12.8 Å². The van der Waals surface area contributed by atoms with E-state index in [0.29, 0.717) is 28.7 Å². The van der Waals surface area contributed by atoms with Gasteiger partial charge < -0.3 is 0 Å². The minimum atomic E-state index is 0.0647. The van der Waals surface area contributed by atoms with Crippen LogP contribution in [-0.4, -0.2) is 11.5 Å². The Hall–Kier alpha value is -0.180. The van der Waals surface area contributed by atoms with Crippen LogP contribution in [-0.2, 0) is 4.79 Å². The minimum Gasteiger partial charge on any atom is -0.300 e. The Labute approximate surface area is 142 Å². The van der Waals surface area contributed by atoms with Gasteiger partial charge in [0.25, 0.3) is 0 Å². The van der Waals surface area contributed by atoms with Crippen molar-refractivity contribution in [1.82, 2.24) is 0 Å². The zero-order valence-corrected chi connectivity index (χ0v) is 15.2. The van der Waals surface area contributed by atoms with Gasteiger partial charge in [0.05, 0.1) is 0 Å². The van der Waals surface area contributed by atoms with Crippen molar-refractivity contribution >= 4 is 40.7 Å². The van der Waals surface area contributed by atoms with Gasteiger partial charge in [0.2, 0.25) is 0 Å². The normalized spacial score (nSPS) is 12.4. The summed E-state index contributed by atoms with van der Waals surface area (Å²) in [6.07, 6.45) is 5.72. The van der Waals surface area contributed by atoms with E-state index in [4.69, 9.17) is 23.2 Å². The summed E-state index contributed by atoms with van der Waals surface area (Å²) < 4.78 is 0. The lowest BCUT2D eigenvalue weighted by atomic mass is 10.0. The number of thioether (sulfide) groups is 1. The van der Waals surface area contributed by atoms with Gasteiger partial charge in [-0.15, -0.1) is 0 Å². The average molecular weight is 347 g/mol. The second-order valence-corrected chi connectivity index (χ2v) is 7.43. The van der Waals surface area contributed by atoms with Gasteiger partial charge in [-0.2, -0.15) is 11.8 Å². The zero-order valence-electron chi connectivity index (χ0n) is 12.8. The molecule has 0 saturated heterocycles. The molecule has 0 heterocycles. The largest absolute Gasteiger partial charge is 0.300 e. The van der Waals surface area contributed by atoms with E-state index in [-0.39, 0.29) is 5.25 Å². The van der Waals surface area contributed by atoms with Crippen LogP contribution in [0.1, 0.15) is 63.2 Å². The summed E-state index contributed by atoms with van der Waals surface area (Å²) in [7, 11) is 0. The summed E-state index contributed by atoms with van der Waals surface area (Å²) in [5, 5.41) is 1.38. The molecule has 0 fully saturated rings. The van der Waals surface area contributed by atoms with Crippen LogP contribution < -0.4 is 0 Å². The van der Waals surface area contributed by atoms with E-state index in [0.717, 1.165) is 24.2 Å². The highest BCUT2D eigenvalue weighted by Crippen LogP contribution is 2.40. The molecule has 1 rings (SSSR count). The first-order valence-corrected chi connectivity index (χ1v) is 9.47. The molecule has 1 aromatic rings. The molecule has 0 aromatic heterocycles. The Balaban J connectivity index is 2.67. The smallest absolute Gasteiger partial charge is 0.134 e. The van der Waals surface area contributed by atoms with Crippen LogP contribution in [0.15, 0.2) is 18.2 Å². The Morgan fingerprint density at radius 3 is 2.38 bits per heavy atom. The molecular formula is C17H24Cl2OS. The van der Waals surface area contributed by atoms with Crippen molar-refractivity contribution in [2.45, 2.75) is 57.6 Å². The van der Waals surface area contributed by atoms with Crippen molar-refractivity contribution in [3.05, 3.63) is 33.8 Å². The van der Waals surface area contributed by atoms with Crippen LogP contribution >= 0.6 is 35.0 Å². The molecule has 0 saturated carbocycles. The number of benzene rings is 1. The molecule has 1 nitrogen and oxygen atoms in total. The molecule has 21 heavy (non-hydrogen) atoms. The predicted molar refractivity (Wildman–Crippen MR) is 95.7 cm³/mol. The van der Waals surface area contributed by atoms with Crippen molar-refractivity contribution in [3.8, 4) is 0 Å². The number of hydrogen-bond acceptors (Lipinski definition) is 2. The Morgan fingerprint density at radius 1 is 1.14 bits per heavy atom. The maximum Gasteiger partial charge on any atom is 0.134 e. The van der Waals surface area contributed by atoms with Crippen molar-refractivity contribution in [2.24, 2.45) is 0 Å². The monoisotopic (exact) mass is 346 g/mol. The minimum absolute atomic E-state index is 0.0647. The molecular weight excluding hydrogens is 323 g/mol. The van der Waals surface area contributed by atoms with Gasteiger partial charge in [0.15, 0.2) is 0 Å². The van der Waals surface area contributed by atoms with Crippen LogP contribution in [0, 0.1) is 0 Å². The van der Waals surface area contributed by atoms with Gasteiger partial charge in [-0.05, 0) is 24.3 Å². The first kappa shape index (κ1) is 18.9. The number of hydrogen-bond donors (Lipinski definition) is 0. The second-order valence-electron chi connectivity index (χ2n) is 5.13. The summed E-state index contributed by atoms with van der Waals surface area (Å²) in [6.45, 7) is 4.27. The van der Waals surface area contributed by atoms with Crippen LogP contribution in [0.3, 0.4) is 0 Å². The van der Waals surface area contributed by atoms with E-state index in [1.807, 2.05) is 18.2 Å². The van der Waals surface area contributed by atoms with Gasteiger partial charge >= 0.3 is 0 Å². The first-order chi connectivity index (χ1) is 10.1. The Bertz CT molecular complexity index is 428. The van der Waals surface area contributed by atoms with Gasteiger partial charge in [0.1, 0.15) is 5.78 Å². The fourth-order valence-electron chi connectivity index (χ4n) is 2.32. The second kappa shape index (κ2) is 10.5. The third kappa shape index (κ3) is 6.63.